The van der Waals surface area contributed by atoms with Crippen molar-refractivity contribution in [2.75, 3.05) is 18.4 Å². The SMILES string of the molecule is CCN(CC(=O)Nc1c(C)cccc1C(C)C)S(=O)(=O)c1ccc2ccccc2c1. The van der Waals surface area contributed by atoms with Crippen LogP contribution in [0.4, 0.5) is 5.69 Å². The number of nitrogens with zero attached hydrogens (tertiary/aromatic N) is 1. The first-order valence-corrected chi connectivity index (χ1v) is 11.6. The number of para-hydroxylation sites is 1. The summed E-state index contributed by atoms with van der Waals surface area (Å²) < 4.78 is 27.6. The quantitative estimate of drug-likeness (QED) is 0.585. The number of carbonyl (C=O) groups excluding carboxylic acids is 1. The molecular weight excluding hydrogens is 396 g/mol. The summed E-state index contributed by atoms with van der Waals surface area (Å²) >= 11 is 0. The van der Waals surface area contributed by atoms with Crippen molar-refractivity contribution in [1.29, 1.82) is 0 Å². The number of anilines is 1. The minimum absolute atomic E-state index is 0.189. The second-order valence-electron chi connectivity index (χ2n) is 7.68. The summed E-state index contributed by atoms with van der Waals surface area (Å²) in [5.74, 6) is -0.110. The predicted octanol–water partition coefficient (Wildman–Crippen LogP) is 4.92. The van der Waals surface area contributed by atoms with Crippen LogP contribution in [0, 0.1) is 6.92 Å². The van der Waals surface area contributed by atoms with Crippen molar-refractivity contribution in [3.05, 3.63) is 71.8 Å². The number of amides is 1. The van der Waals surface area contributed by atoms with E-state index in [1.54, 1.807) is 25.1 Å². The van der Waals surface area contributed by atoms with E-state index in [1.165, 1.54) is 4.31 Å². The third kappa shape index (κ3) is 4.55. The Hall–Kier alpha value is -2.70. The highest BCUT2D eigenvalue weighted by atomic mass is 32.2. The van der Waals surface area contributed by atoms with Gasteiger partial charge in [0.05, 0.1) is 11.4 Å². The third-order valence-electron chi connectivity index (χ3n) is 5.22. The molecule has 0 bridgehead atoms. The van der Waals surface area contributed by atoms with Crippen LogP contribution >= 0.6 is 0 Å². The number of aryl methyl sites for hydroxylation is 1. The fourth-order valence-corrected chi connectivity index (χ4v) is 4.97. The number of hydrogen-bond donors (Lipinski definition) is 1. The molecule has 0 aliphatic rings. The van der Waals surface area contributed by atoms with Gasteiger partial charge in [-0.3, -0.25) is 4.79 Å². The van der Waals surface area contributed by atoms with Gasteiger partial charge in [0.1, 0.15) is 0 Å². The number of sulfonamides is 1. The van der Waals surface area contributed by atoms with E-state index in [4.69, 9.17) is 0 Å². The topological polar surface area (TPSA) is 66.5 Å². The maximum absolute atomic E-state index is 13.2. The molecule has 3 rings (SSSR count). The van der Waals surface area contributed by atoms with Crippen molar-refractivity contribution in [2.24, 2.45) is 0 Å². The highest BCUT2D eigenvalue weighted by Gasteiger charge is 2.26. The minimum Gasteiger partial charge on any atom is -0.324 e. The first-order chi connectivity index (χ1) is 14.2. The molecule has 0 aliphatic carbocycles. The summed E-state index contributed by atoms with van der Waals surface area (Å²) in [6, 6.07) is 18.5. The maximum Gasteiger partial charge on any atom is 0.243 e. The van der Waals surface area contributed by atoms with Gasteiger partial charge in [-0.05, 0) is 46.9 Å². The Bertz CT molecular complexity index is 1170. The first kappa shape index (κ1) is 22.0. The number of likely N-dealkylation sites (N-methyl/N-ethyl adjacent to an activating group) is 1. The zero-order chi connectivity index (χ0) is 21.9. The van der Waals surface area contributed by atoms with Crippen molar-refractivity contribution in [2.45, 2.75) is 38.5 Å². The van der Waals surface area contributed by atoms with Crippen molar-refractivity contribution < 1.29 is 13.2 Å². The van der Waals surface area contributed by atoms with Gasteiger partial charge >= 0.3 is 0 Å². The molecule has 5 nitrogen and oxygen atoms in total. The molecule has 6 heteroatoms. The molecule has 1 N–H and O–H groups in total. The van der Waals surface area contributed by atoms with E-state index in [0.29, 0.717) is 0 Å². The summed E-state index contributed by atoms with van der Waals surface area (Å²) in [6.07, 6.45) is 0. The number of rotatable bonds is 7. The lowest BCUT2D eigenvalue weighted by Gasteiger charge is -2.22. The lowest BCUT2D eigenvalue weighted by atomic mass is 9.98. The average Bonchev–Trinajstić information content (AvgIpc) is 2.72. The van der Waals surface area contributed by atoms with Gasteiger partial charge < -0.3 is 5.32 Å². The Kier molecular flexibility index (Phi) is 6.58. The Morgan fingerprint density at radius 3 is 2.37 bits per heavy atom. The van der Waals surface area contributed by atoms with Gasteiger partial charge in [0.15, 0.2) is 0 Å². The molecule has 0 aromatic heterocycles. The molecule has 158 valence electrons. The van der Waals surface area contributed by atoms with Gasteiger partial charge in [-0.15, -0.1) is 0 Å². The molecule has 30 heavy (non-hydrogen) atoms. The second-order valence-corrected chi connectivity index (χ2v) is 9.62. The van der Waals surface area contributed by atoms with Crippen LogP contribution in [0.15, 0.2) is 65.6 Å². The lowest BCUT2D eigenvalue weighted by molar-refractivity contribution is -0.116. The van der Waals surface area contributed by atoms with E-state index in [9.17, 15) is 13.2 Å². The monoisotopic (exact) mass is 424 g/mol. The van der Waals surface area contributed by atoms with Crippen molar-refractivity contribution in [3.8, 4) is 0 Å². The molecule has 0 heterocycles. The van der Waals surface area contributed by atoms with E-state index < -0.39 is 10.0 Å². The van der Waals surface area contributed by atoms with Crippen LogP contribution in [0.1, 0.15) is 37.8 Å². The highest BCUT2D eigenvalue weighted by molar-refractivity contribution is 7.89. The van der Waals surface area contributed by atoms with E-state index in [-0.39, 0.29) is 29.8 Å². The molecular formula is C24H28N2O3S. The van der Waals surface area contributed by atoms with Gasteiger partial charge in [-0.25, -0.2) is 8.42 Å². The van der Waals surface area contributed by atoms with Gasteiger partial charge in [0, 0.05) is 12.2 Å². The van der Waals surface area contributed by atoms with E-state index >= 15 is 0 Å². The summed E-state index contributed by atoms with van der Waals surface area (Å²) in [6.45, 7) is 7.76. The molecule has 0 spiro atoms. The minimum atomic E-state index is -3.79. The Balaban J connectivity index is 1.84. The summed E-state index contributed by atoms with van der Waals surface area (Å²) in [5.41, 5.74) is 2.75. The zero-order valence-corrected chi connectivity index (χ0v) is 18.7. The summed E-state index contributed by atoms with van der Waals surface area (Å²) in [5, 5.41) is 4.75. The Morgan fingerprint density at radius 1 is 1.00 bits per heavy atom. The van der Waals surface area contributed by atoms with Crippen LogP contribution in [0.2, 0.25) is 0 Å². The smallest absolute Gasteiger partial charge is 0.243 e. The number of fused-ring (bicyclic) bond motifs is 1. The maximum atomic E-state index is 13.2. The van der Waals surface area contributed by atoms with Gasteiger partial charge in [0.25, 0.3) is 0 Å². The normalized spacial score (nSPS) is 11.9. The molecule has 0 aliphatic heterocycles. The molecule has 0 fully saturated rings. The molecule has 1 amide bonds. The van der Waals surface area contributed by atoms with Crippen LogP contribution in [0.25, 0.3) is 10.8 Å². The highest BCUT2D eigenvalue weighted by Crippen LogP contribution is 2.28. The zero-order valence-electron chi connectivity index (χ0n) is 17.8. The largest absolute Gasteiger partial charge is 0.324 e. The fourth-order valence-electron chi connectivity index (χ4n) is 3.53. The summed E-state index contributed by atoms with van der Waals surface area (Å²) in [7, 11) is -3.79. The molecule has 0 saturated heterocycles. The van der Waals surface area contributed by atoms with E-state index in [2.05, 4.69) is 19.2 Å². The van der Waals surface area contributed by atoms with Gasteiger partial charge in [-0.1, -0.05) is 69.3 Å². The standard InChI is InChI=1S/C24H28N2O3S/c1-5-26(16-23(27)25-24-18(4)9-8-12-22(24)17(2)3)30(28,29)21-14-13-19-10-6-7-11-20(19)15-21/h6-15,17H,5,16H2,1-4H3,(H,25,27). The number of carbonyl (C=O) groups is 1. The fraction of sp³-hybridized carbons (Fsp3) is 0.292. The van der Waals surface area contributed by atoms with E-state index in [0.717, 1.165) is 27.6 Å². The Labute approximate surface area is 178 Å². The first-order valence-electron chi connectivity index (χ1n) is 10.1. The number of nitrogens with one attached hydrogen (secondary N) is 1. The Morgan fingerprint density at radius 2 is 1.70 bits per heavy atom. The van der Waals surface area contributed by atoms with Crippen LogP contribution < -0.4 is 5.32 Å². The number of hydrogen-bond acceptors (Lipinski definition) is 3. The van der Waals surface area contributed by atoms with Gasteiger partial charge in [0.2, 0.25) is 15.9 Å². The molecule has 0 atom stereocenters. The lowest BCUT2D eigenvalue weighted by Crippen LogP contribution is -2.38. The average molecular weight is 425 g/mol. The van der Waals surface area contributed by atoms with Crippen LogP contribution in [0.5, 0.6) is 0 Å². The van der Waals surface area contributed by atoms with Crippen molar-refractivity contribution >= 4 is 32.4 Å². The molecule has 0 unspecified atom stereocenters. The molecule has 0 saturated carbocycles. The molecule has 0 radical (unpaired) electrons. The molecule has 3 aromatic rings. The van der Waals surface area contributed by atoms with Crippen LogP contribution in [0.3, 0.4) is 0 Å². The van der Waals surface area contributed by atoms with E-state index in [1.807, 2.05) is 49.4 Å². The van der Waals surface area contributed by atoms with Crippen LogP contribution in [-0.2, 0) is 14.8 Å². The number of benzene rings is 3. The van der Waals surface area contributed by atoms with Crippen LogP contribution in [-0.4, -0.2) is 31.7 Å². The third-order valence-corrected chi connectivity index (χ3v) is 7.14. The van der Waals surface area contributed by atoms with Gasteiger partial charge in [-0.2, -0.15) is 4.31 Å². The van der Waals surface area contributed by atoms with Crippen molar-refractivity contribution in [3.63, 3.8) is 0 Å². The summed E-state index contributed by atoms with van der Waals surface area (Å²) in [4.78, 5) is 13.0. The van der Waals surface area contributed by atoms with Crippen molar-refractivity contribution in [1.82, 2.24) is 4.31 Å². The second kappa shape index (κ2) is 8.98. The molecule has 3 aromatic carbocycles. The predicted molar refractivity (Wildman–Crippen MR) is 122 cm³/mol.